The second-order valence-corrected chi connectivity index (χ2v) is 7.74. The molecule has 1 aromatic rings. The van der Waals surface area contributed by atoms with Crippen LogP contribution >= 0.6 is 23.2 Å². The summed E-state index contributed by atoms with van der Waals surface area (Å²) in [5.74, 6) is 0.193. The van der Waals surface area contributed by atoms with Crippen molar-refractivity contribution in [2.24, 2.45) is 11.1 Å². The lowest BCUT2D eigenvalue weighted by atomic mass is 9.94. The van der Waals surface area contributed by atoms with Gasteiger partial charge in [-0.05, 0) is 50.9 Å². The van der Waals surface area contributed by atoms with E-state index in [9.17, 15) is 0 Å². The number of benzene rings is 1. The Balaban J connectivity index is 1.63. The van der Waals surface area contributed by atoms with Crippen LogP contribution in [-0.4, -0.2) is 54.5 Å². The summed E-state index contributed by atoms with van der Waals surface area (Å²) in [5.41, 5.74) is 1.75. The van der Waals surface area contributed by atoms with Crippen molar-refractivity contribution in [2.45, 2.75) is 31.9 Å². The van der Waals surface area contributed by atoms with E-state index in [1.54, 1.807) is 0 Å². The summed E-state index contributed by atoms with van der Waals surface area (Å²) < 4.78 is 0. The first-order chi connectivity index (χ1) is 11.7. The van der Waals surface area contributed by atoms with E-state index in [0.29, 0.717) is 10.0 Å². The van der Waals surface area contributed by atoms with E-state index in [4.69, 9.17) is 28.0 Å². The van der Waals surface area contributed by atoms with Crippen LogP contribution in [0.15, 0.2) is 23.4 Å². The number of nitrogens with zero attached hydrogens (tertiary/aromatic N) is 3. The molecule has 1 aromatic carbocycles. The third-order valence-corrected chi connectivity index (χ3v) is 5.96. The highest BCUT2D eigenvalue weighted by Crippen LogP contribution is 2.35. The SMILES string of the molecule is Clc1cccc(Cl)c1C1=NO[C@H](N2CCCC2)[C@H]1CN1CCCC1. The summed E-state index contributed by atoms with van der Waals surface area (Å²) in [6, 6.07) is 5.63. The quantitative estimate of drug-likeness (QED) is 0.808. The number of halogens is 2. The highest BCUT2D eigenvalue weighted by atomic mass is 35.5. The molecular weight excluding hydrogens is 345 g/mol. The Labute approximate surface area is 153 Å². The van der Waals surface area contributed by atoms with Crippen LogP contribution in [0, 0.1) is 5.92 Å². The average Bonchev–Trinajstić information content (AvgIpc) is 3.29. The Hall–Kier alpha value is -0.810. The summed E-state index contributed by atoms with van der Waals surface area (Å²) in [5, 5.41) is 5.76. The van der Waals surface area contributed by atoms with E-state index in [0.717, 1.165) is 44.0 Å². The molecule has 24 heavy (non-hydrogen) atoms. The first-order valence-electron chi connectivity index (χ1n) is 8.88. The normalized spacial score (nSPS) is 28.3. The summed E-state index contributed by atoms with van der Waals surface area (Å²) in [7, 11) is 0. The smallest absolute Gasteiger partial charge is 0.191 e. The maximum atomic E-state index is 6.45. The van der Waals surface area contributed by atoms with Gasteiger partial charge >= 0.3 is 0 Å². The van der Waals surface area contributed by atoms with Gasteiger partial charge in [-0.25, -0.2) is 0 Å². The molecule has 0 amide bonds. The van der Waals surface area contributed by atoms with Crippen LogP contribution in [0.3, 0.4) is 0 Å². The molecule has 0 aromatic heterocycles. The third-order valence-electron chi connectivity index (χ3n) is 5.33. The fourth-order valence-electron chi connectivity index (χ4n) is 4.10. The highest BCUT2D eigenvalue weighted by molar-refractivity contribution is 6.40. The first-order valence-corrected chi connectivity index (χ1v) is 9.64. The van der Waals surface area contributed by atoms with Crippen LogP contribution < -0.4 is 0 Å². The summed E-state index contributed by atoms with van der Waals surface area (Å²) in [4.78, 5) is 10.8. The molecule has 6 heteroatoms. The van der Waals surface area contributed by atoms with Gasteiger partial charge in [-0.3, -0.25) is 4.90 Å². The second-order valence-electron chi connectivity index (χ2n) is 6.93. The first kappa shape index (κ1) is 16.6. The Morgan fingerprint density at radius 2 is 1.62 bits per heavy atom. The predicted octanol–water partition coefficient (Wildman–Crippen LogP) is 3.86. The molecule has 0 unspecified atom stereocenters. The summed E-state index contributed by atoms with van der Waals surface area (Å²) in [6.45, 7) is 5.45. The number of likely N-dealkylation sites (tertiary alicyclic amines) is 2. The van der Waals surface area contributed by atoms with Gasteiger partial charge in [0, 0.05) is 25.2 Å². The van der Waals surface area contributed by atoms with E-state index < -0.39 is 0 Å². The zero-order valence-corrected chi connectivity index (χ0v) is 15.3. The van der Waals surface area contributed by atoms with Gasteiger partial charge in [0.2, 0.25) is 0 Å². The Morgan fingerprint density at radius 1 is 1.00 bits per heavy atom. The van der Waals surface area contributed by atoms with Crippen LogP contribution in [0.4, 0.5) is 0 Å². The van der Waals surface area contributed by atoms with Gasteiger partial charge in [0.05, 0.1) is 21.7 Å². The fraction of sp³-hybridized carbons (Fsp3) is 0.611. The van der Waals surface area contributed by atoms with Gasteiger partial charge in [0.25, 0.3) is 0 Å². The molecule has 0 saturated carbocycles. The number of hydrogen-bond acceptors (Lipinski definition) is 4. The van der Waals surface area contributed by atoms with Gasteiger partial charge in [-0.15, -0.1) is 0 Å². The molecule has 2 atom stereocenters. The topological polar surface area (TPSA) is 28.1 Å². The molecule has 2 fully saturated rings. The molecule has 0 aliphatic carbocycles. The number of hydrogen-bond donors (Lipinski definition) is 0. The van der Waals surface area contributed by atoms with Gasteiger partial charge < -0.3 is 9.74 Å². The Morgan fingerprint density at radius 3 is 2.29 bits per heavy atom. The minimum absolute atomic E-state index is 0.00967. The summed E-state index contributed by atoms with van der Waals surface area (Å²) >= 11 is 12.9. The molecule has 0 N–H and O–H groups in total. The predicted molar refractivity (Wildman–Crippen MR) is 97.8 cm³/mol. The standard InChI is InChI=1S/C18H23Cl2N3O/c19-14-6-5-7-15(20)16(14)17-13(12-22-8-1-2-9-22)18(24-21-17)23-10-3-4-11-23/h5-7,13,18H,1-4,8-12H2/t13-,18-/m0/s1. The monoisotopic (exact) mass is 367 g/mol. The number of oxime groups is 1. The molecule has 3 aliphatic rings. The molecular formula is C18H23Cl2N3O. The van der Waals surface area contributed by atoms with Crippen molar-refractivity contribution >= 4 is 28.9 Å². The zero-order chi connectivity index (χ0) is 16.5. The second kappa shape index (κ2) is 7.20. The molecule has 130 valence electrons. The Bertz CT molecular complexity index is 604. The molecule has 4 rings (SSSR count). The lowest BCUT2D eigenvalue weighted by Crippen LogP contribution is -2.44. The van der Waals surface area contributed by atoms with Gasteiger partial charge in [0.15, 0.2) is 6.23 Å². The summed E-state index contributed by atoms with van der Waals surface area (Å²) in [6.07, 6.45) is 5.04. The molecule has 0 bridgehead atoms. The Kier molecular flexibility index (Phi) is 5.00. The zero-order valence-electron chi connectivity index (χ0n) is 13.8. The molecule has 0 spiro atoms. The van der Waals surface area contributed by atoms with E-state index in [2.05, 4.69) is 15.0 Å². The lowest BCUT2D eigenvalue weighted by Gasteiger charge is -2.30. The number of rotatable bonds is 4. The van der Waals surface area contributed by atoms with Crippen molar-refractivity contribution < 1.29 is 4.84 Å². The van der Waals surface area contributed by atoms with Crippen LogP contribution in [0.2, 0.25) is 10.0 Å². The van der Waals surface area contributed by atoms with E-state index in [1.165, 1.54) is 25.7 Å². The van der Waals surface area contributed by atoms with E-state index in [-0.39, 0.29) is 12.1 Å². The van der Waals surface area contributed by atoms with Crippen LogP contribution in [0.25, 0.3) is 0 Å². The van der Waals surface area contributed by atoms with Crippen LogP contribution in [0.1, 0.15) is 31.2 Å². The lowest BCUT2D eigenvalue weighted by molar-refractivity contribution is -0.0521. The van der Waals surface area contributed by atoms with E-state index >= 15 is 0 Å². The van der Waals surface area contributed by atoms with Gasteiger partial charge in [-0.2, -0.15) is 0 Å². The van der Waals surface area contributed by atoms with Crippen molar-refractivity contribution in [3.05, 3.63) is 33.8 Å². The largest absolute Gasteiger partial charge is 0.375 e. The van der Waals surface area contributed by atoms with Gasteiger partial charge in [0.1, 0.15) is 0 Å². The maximum Gasteiger partial charge on any atom is 0.191 e. The highest BCUT2D eigenvalue weighted by Gasteiger charge is 2.42. The van der Waals surface area contributed by atoms with E-state index in [1.807, 2.05) is 18.2 Å². The molecule has 2 saturated heterocycles. The third kappa shape index (κ3) is 3.17. The van der Waals surface area contributed by atoms with Crippen molar-refractivity contribution in [1.82, 2.24) is 9.80 Å². The molecule has 4 nitrogen and oxygen atoms in total. The minimum atomic E-state index is 0.00967. The molecule has 3 aliphatic heterocycles. The average molecular weight is 368 g/mol. The van der Waals surface area contributed by atoms with Gasteiger partial charge in [-0.1, -0.05) is 34.4 Å². The van der Waals surface area contributed by atoms with Crippen molar-refractivity contribution in [3.63, 3.8) is 0 Å². The fourth-order valence-corrected chi connectivity index (χ4v) is 4.69. The minimum Gasteiger partial charge on any atom is -0.375 e. The van der Waals surface area contributed by atoms with Crippen LogP contribution in [0.5, 0.6) is 0 Å². The maximum absolute atomic E-state index is 6.45. The van der Waals surface area contributed by atoms with Crippen molar-refractivity contribution in [1.29, 1.82) is 0 Å². The molecule has 0 radical (unpaired) electrons. The van der Waals surface area contributed by atoms with Crippen molar-refractivity contribution in [2.75, 3.05) is 32.7 Å². The van der Waals surface area contributed by atoms with Crippen LogP contribution in [-0.2, 0) is 4.84 Å². The molecule has 3 heterocycles. The van der Waals surface area contributed by atoms with Crippen molar-refractivity contribution in [3.8, 4) is 0 Å².